The SMILES string of the molecule is CCCCCCCCCCC/C=C\[C@@H](O)[C@@H](O)[C@@H](O)[C@@H](N)CO[C@@H]1O[C@H](CO)[C@@H](O)[C@H](O)[C@H]1O. The van der Waals surface area contributed by atoms with Crippen LogP contribution in [0.3, 0.4) is 0 Å². The fraction of sp³-hybridized carbons (Fsp3) is 0.917. The topological polar surface area (TPSA) is 186 Å². The van der Waals surface area contributed by atoms with Crippen molar-refractivity contribution in [2.45, 2.75) is 126 Å². The third-order valence-corrected chi connectivity index (χ3v) is 6.25. The molecule has 0 radical (unpaired) electrons. The van der Waals surface area contributed by atoms with Crippen LogP contribution < -0.4 is 5.73 Å². The summed E-state index contributed by atoms with van der Waals surface area (Å²) in [5.74, 6) is 0. The maximum absolute atomic E-state index is 10.2. The zero-order valence-electron chi connectivity index (χ0n) is 20.4. The Hall–Kier alpha value is -0.660. The summed E-state index contributed by atoms with van der Waals surface area (Å²) >= 11 is 0. The van der Waals surface area contributed by atoms with Gasteiger partial charge in [-0.15, -0.1) is 0 Å². The van der Waals surface area contributed by atoms with Gasteiger partial charge in [0, 0.05) is 0 Å². The van der Waals surface area contributed by atoms with E-state index in [1.165, 1.54) is 51.0 Å². The lowest BCUT2D eigenvalue weighted by molar-refractivity contribution is -0.302. The molecule has 9 N–H and O–H groups in total. The second kappa shape index (κ2) is 17.7. The van der Waals surface area contributed by atoms with Crippen LogP contribution in [0.2, 0.25) is 0 Å². The second-order valence-corrected chi connectivity index (χ2v) is 9.21. The summed E-state index contributed by atoms with van der Waals surface area (Å²) in [7, 11) is 0. The highest BCUT2D eigenvalue weighted by Gasteiger charge is 2.44. The highest BCUT2D eigenvalue weighted by Crippen LogP contribution is 2.22. The zero-order valence-corrected chi connectivity index (χ0v) is 20.4. The van der Waals surface area contributed by atoms with E-state index in [1.54, 1.807) is 6.08 Å². The number of aliphatic hydroxyl groups is 7. The molecular formula is C24H47NO9. The van der Waals surface area contributed by atoms with Gasteiger partial charge in [0.1, 0.15) is 42.7 Å². The maximum Gasteiger partial charge on any atom is 0.186 e. The fourth-order valence-electron chi connectivity index (χ4n) is 3.89. The molecule has 0 aromatic heterocycles. The molecule has 0 unspecified atom stereocenters. The minimum Gasteiger partial charge on any atom is -0.394 e. The predicted molar refractivity (Wildman–Crippen MR) is 127 cm³/mol. The Morgan fingerprint density at radius 3 is 2.03 bits per heavy atom. The molecule has 1 fully saturated rings. The van der Waals surface area contributed by atoms with Gasteiger partial charge in [-0.05, 0) is 12.8 Å². The Kier molecular flexibility index (Phi) is 16.3. The molecule has 9 atom stereocenters. The van der Waals surface area contributed by atoms with Crippen molar-refractivity contribution in [1.82, 2.24) is 0 Å². The van der Waals surface area contributed by atoms with Gasteiger partial charge in [-0.3, -0.25) is 0 Å². The van der Waals surface area contributed by atoms with Crippen LogP contribution in [0, 0.1) is 0 Å². The molecule has 0 aromatic carbocycles. The normalized spacial score (nSPS) is 29.3. The van der Waals surface area contributed by atoms with Gasteiger partial charge in [-0.2, -0.15) is 0 Å². The van der Waals surface area contributed by atoms with E-state index in [0.29, 0.717) is 0 Å². The first-order valence-corrected chi connectivity index (χ1v) is 12.6. The van der Waals surface area contributed by atoms with Crippen molar-refractivity contribution in [2.75, 3.05) is 13.2 Å². The minimum atomic E-state index is -1.60. The Morgan fingerprint density at radius 1 is 0.853 bits per heavy atom. The van der Waals surface area contributed by atoms with Crippen molar-refractivity contribution in [3.05, 3.63) is 12.2 Å². The third-order valence-electron chi connectivity index (χ3n) is 6.25. The van der Waals surface area contributed by atoms with Crippen LogP contribution in [0.5, 0.6) is 0 Å². The van der Waals surface area contributed by atoms with Crippen molar-refractivity contribution in [1.29, 1.82) is 0 Å². The lowest BCUT2D eigenvalue weighted by Gasteiger charge is -2.40. The summed E-state index contributed by atoms with van der Waals surface area (Å²) in [5.41, 5.74) is 5.84. The van der Waals surface area contributed by atoms with Crippen LogP contribution in [0.15, 0.2) is 12.2 Å². The van der Waals surface area contributed by atoms with Gasteiger partial charge in [-0.1, -0.05) is 70.4 Å². The molecule has 1 saturated heterocycles. The van der Waals surface area contributed by atoms with Gasteiger partial charge in [0.25, 0.3) is 0 Å². The summed E-state index contributed by atoms with van der Waals surface area (Å²) in [6.45, 7) is 1.23. The Balaban J connectivity index is 2.28. The largest absolute Gasteiger partial charge is 0.394 e. The van der Waals surface area contributed by atoms with E-state index in [9.17, 15) is 35.7 Å². The predicted octanol–water partition coefficient (Wildman–Crippen LogP) is -0.310. The zero-order chi connectivity index (χ0) is 25.5. The van der Waals surface area contributed by atoms with Crippen LogP contribution >= 0.6 is 0 Å². The van der Waals surface area contributed by atoms with Gasteiger partial charge >= 0.3 is 0 Å². The Bertz CT molecular complexity index is 537. The minimum absolute atomic E-state index is 0.379. The smallest absolute Gasteiger partial charge is 0.186 e. The molecule has 0 aliphatic carbocycles. The van der Waals surface area contributed by atoms with E-state index < -0.39 is 61.7 Å². The number of ether oxygens (including phenoxy) is 2. The van der Waals surface area contributed by atoms with Gasteiger partial charge in [0.2, 0.25) is 0 Å². The lowest BCUT2D eigenvalue weighted by atomic mass is 9.99. The maximum atomic E-state index is 10.2. The number of nitrogens with two attached hydrogens (primary N) is 1. The molecule has 0 saturated carbocycles. The quantitative estimate of drug-likeness (QED) is 0.0930. The van der Waals surface area contributed by atoms with E-state index in [1.807, 2.05) is 0 Å². The molecule has 34 heavy (non-hydrogen) atoms. The highest BCUT2D eigenvalue weighted by atomic mass is 16.7. The first-order chi connectivity index (χ1) is 16.2. The van der Waals surface area contributed by atoms with Crippen molar-refractivity contribution in [3.8, 4) is 0 Å². The molecule has 1 aliphatic heterocycles. The third kappa shape index (κ3) is 10.9. The number of allylic oxidation sites excluding steroid dienone is 1. The van der Waals surface area contributed by atoms with E-state index in [0.717, 1.165) is 19.3 Å². The van der Waals surface area contributed by atoms with E-state index in [-0.39, 0.29) is 6.61 Å². The standard InChI is InChI=1S/C24H47NO9/c1-2-3-4-5-6-7-8-9-10-11-12-13-17(27)20(29)19(28)16(25)15-33-24-23(32)22(31)21(30)18(14-26)34-24/h12-13,16-24,26-32H,2-11,14-15,25H2,1H3/b13-12-/t16-,17+,18+,19-,20+,21+,22-,23+,24+/m0/s1. The van der Waals surface area contributed by atoms with Gasteiger partial charge < -0.3 is 51.0 Å². The van der Waals surface area contributed by atoms with Gasteiger partial charge in [0.05, 0.1) is 19.3 Å². The molecule has 0 amide bonds. The molecule has 0 bridgehead atoms. The molecule has 0 spiro atoms. The Labute approximate surface area is 203 Å². The number of unbranched alkanes of at least 4 members (excludes halogenated alkanes) is 9. The molecule has 1 heterocycles. The molecule has 10 nitrogen and oxygen atoms in total. The van der Waals surface area contributed by atoms with Crippen LogP contribution in [0.1, 0.15) is 71.1 Å². The lowest BCUT2D eigenvalue weighted by Crippen LogP contribution is -2.60. The van der Waals surface area contributed by atoms with E-state index in [4.69, 9.17) is 15.2 Å². The van der Waals surface area contributed by atoms with Crippen molar-refractivity contribution in [2.24, 2.45) is 5.73 Å². The first kappa shape index (κ1) is 31.4. The van der Waals surface area contributed by atoms with Crippen molar-refractivity contribution >= 4 is 0 Å². The van der Waals surface area contributed by atoms with Crippen LogP contribution in [-0.2, 0) is 9.47 Å². The second-order valence-electron chi connectivity index (χ2n) is 9.21. The van der Waals surface area contributed by atoms with Crippen molar-refractivity contribution < 1.29 is 45.2 Å². The van der Waals surface area contributed by atoms with Gasteiger partial charge in [-0.25, -0.2) is 0 Å². The molecule has 0 aromatic rings. The van der Waals surface area contributed by atoms with E-state index in [2.05, 4.69) is 6.92 Å². The number of rotatable bonds is 18. The van der Waals surface area contributed by atoms with Crippen molar-refractivity contribution in [3.63, 3.8) is 0 Å². The fourth-order valence-corrected chi connectivity index (χ4v) is 3.89. The van der Waals surface area contributed by atoms with Gasteiger partial charge in [0.15, 0.2) is 6.29 Å². The van der Waals surface area contributed by atoms with Crippen LogP contribution in [-0.4, -0.2) is 104 Å². The summed E-state index contributed by atoms with van der Waals surface area (Å²) in [4.78, 5) is 0. The molecule has 10 heteroatoms. The molecular weight excluding hydrogens is 446 g/mol. The van der Waals surface area contributed by atoms with Crippen LogP contribution in [0.25, 0.3) is 0 Å². The Morgan fingerprint density at radius 2 is 1.44 bits per heavy atom. The number of hydrogen-bond acceptors (Lipinski definition) is 10. The average molecular weight is 494 g/mol. The van der Waals surface area contributed by atoms with E-state index >= 15 is 0 Å². The number of aliphatic hydroxyl groups excluding tert-OH is 7. The first-order valence-electron chi connectivity index (χ1n) is 12.6. The number of hydrogen-bond donors (Lipinski definition) is 8. The molecule has 1 rings (SSSR count). The summed E-state index contributed by atoms with van der Waals surface area (Å²) in [6, 6.07) is -1.14. The highest BCUT2D eigenvalue weighted by molar-refractivity contribution is 4.96. The average Bonchev–Trinajstić information content (AvgIpc) is 2.84. The summed E-state index contributed by atoms with van der Waals surface area (Å²) in [5, 5.41) is 69.3. The van der Waals surface area contributed by atoms with Crippen LogP contribution in [0.4, 0.5) is 0 Å². The molecule has 202 valence electrons. The molecule has 1 aliphatic rings. The summed E-state index contributed by atoms with van der Waals surface area (Å²) in [6.07, 6.45) is 3.33. The summed E-state index contributed by atoms with van der Waals surface area (Å²) < 4.78 is 10.5. The monoisotopic (exact) mass is 493 g/mol.